The van der Waals surface area contributed by atoms with Gasteiger partial charge in [0.15, 0.2) is 0 Å². The highest BCUT2D eigenvalue weighted by Crippen LogP contribution is 2.31. The molecule has 1 aliphatic heterocycles. The summed E-state index contributed by atoms with van der Waals surface area (Å²) in [5.41, 5.74) is 1.24. The van der Waals surface area contributed by atoms with Crippen LogP contribution in [0, 0.1) is 5.92 Å². The van der Waals surface area contributed by atoms with Crippen molar-refractivity contribution in [3.63, 3.8) is 0 Å². The smallest absolute Gasteiger partial charge is 0.0595 e. The number of halogens is 2. The van der Waals surface area contributed by atoms with E-state index in [2.05, 4.69) is 12.2 Å². The van der Waals surface area contributed by atoms with Crippen LogP contribution >= 0.6 is 23.2 Å². The van der Waals surface area contributed by atoms with Crippen molar-refractivity contribution in [3.8, 4) is 0 Å². The third-order valence-electron chi connectivity index (χ3n) is 2.70. The van der Waals surface area contributed by atoms with Gasteiger partial charge in [-0.2, -0.15) is 0 Å². The predicted molar refractivity (Wildman–Crippen MR) is 61.0 cm³/mol. The van der Waals surface area contributed by atoms with Gasteiger partial charge >= 0.3 is 0 Å². The van der Waals surface area contributed by atoms with E-state index in [4.69, 9.17) is 23.2 Å². The Hall–Kier alpha value is -0.240. The summed E-state index contributed by atoms with van der Waals surface area (Å²) in [5.74, 6) is 0.745. The van der Waals surface area contributed by atoms with Crippen molar-refractivity contribution in [2.75, 3.05) is 6.54 Å². The van der Waals surface area contributed by atoms with Gasteiger partial charge in [0.1, 0.15) is 0 Å². The van der Waals surface area contributed by atoms with Crippen molar-refractivity contribution in [2.45, 2.75) is 19.4 Å². The van der Waals surface area contributed by atoms with E-state index in [0.29, 0.717) is 16.1 Å². The Morgan fingerprint density at radius 1 is 1.29 bits per heavy atom. The molecule has 1 heterocycles. The highest BCUT2D eigenvalue weighted by molar-refractivity contribution is 6.42. The first-order chi connectivity index (χ1) is 6.66. The van der Waals surface area contributed by atoms with Crippen LogP contribution in [0.1, 0.15) is 24.9 Å². The summed E-state index contributed by atoms with van der Waals surface area (Å²) >= 11 is 11.8. The van der Waals surface area contributed by atoms with Gasteiger partial charge in [-0.05, 0) is 36.6 Å². The van der Waals surface area contributed by atoms with Crippen LogP contribution in [0.5, 0.6) is 0 Å². The maximum absolute atomic E-state index is 5.97. The van der Waals surface area contributed by atoms with Gasteiger partial charge in [-0.15, -0.1) is 0 Å². The Morgan fingerprint density at radius 3 is 2.64 bits per heavy atom. The lowest BCUT2D eigenvalue weighted by atomic mass is 10.0. The highest BCUT2D eigenvalue weighted by atomic mass is 35.5. The second kappa shape index (κ2) is 4.09. The van der Waals surface area contributed by atoms with E-state index in [1.54, 1.807) is 0 Å². The van der Waals surface area contributed by atoms with Gasteiger partial charge in [0, 0.05) is 6.04 Å². The largest absolute Gasteiger partial charge is 0.310 e. The Morgan fingerprint density at radius 2 is 2.07 bits per heavy atom. The van der Waals surface area contributed by atoms with E-state index in [1.807, 2.05) is 18.2 Å². The van der Waals surface area contributed by atoms with Gasteiger partial charge in [0.2, 0.25) is 0 Å². The van der Waals surface area contributed by atoms with E-state index in [-0.39, 0.29) is 0 Å². The number of rotatable bonds is 1. The quantitative estimate of drug-likeness (QED) is 0.776. The van der Waals surface area contributed by atoms with Crippen LogP contribution in [0.25, 0.3) is 0 Å². The van der Waals surface area contributed by atoms with E-state index >= 15 is 0 Å². The van der Waals surface area contributed by atoms with Crippen molar-refractivity contribution < 1.29 is 0 Å². The molecule has 0 bridgehead atoms. The average molecular weight is 230 g/mol. The molecule has 0 radical (unpaired) electrons. The molecule has 0 aromatic heterocycles. The van der Waals surface area contributed by atoms with E-state index in [1.165, 1.54) is 12.0 Å². The summed E-state index contributed by atoms with van der Waals surface area (Å²) in [4.78, 5) is 0. The highest BCUT2D eigenvalue weighted by Gasteiger charge is 2.22. The fourth-order valence-electron chi connectivity index (χ4n) is 1.90. The fraction of sp³-hybridized carbons (Fsp3) is 0.455. The molecular weight excluding hydrogens is 217 g/mol. The minimum Gasteiger partial charge on any atom is -0.310 e. The van der Waals surface area contributed by atoms with Gasteiger partial charge in [0.05, 0.1) is 10.0 Å². The second-order valence-corrected chi connectivity index (χ2v) is 4.79. The molecule has 0 saturated carbocycles. The second-order valence-electron chi connectivity index (χ2n) is 3.98. The first kappa shape index (κ1) is 10.3. The van der Waals surface area contributed by atoms with E-state index in [9.17, 15) is 0 Å². The van der Waals surface area contributed by atoms with Crippen LogP contribution in [0.3, 0.4) is 0 Å². The SMILES string of the molecule is C[C@H]1CN[C@@H](c2ccc(Cl)c(Cl)c2)C1. The summed E-state index contributed by atoms with van der Waals surface area (Å²) in [6.45, 7) is 3.34. The molecule has 1 saturated heterocycles. The van der Waals surface area contributed by atoms with Crippen molar-refractivity contribution in [1.29, 1.82) is 0 Å². The molecule has 1 aromatic rings. The molecule has 0 amide bonds. The van der Waals surface area contributed by atoms with Crippen LogP contribution in [0.15, 0.2) is 18.2 Å². The first-order valence-electron chi connectivity index (χ1n) is 4.85. The van der Waals surface area contributed by atoms with Crippen LogP contribution in [-0.2, 0) is 0 Å². The molecule has 0 unspecified atom stereocenters. The molecule has 1 N–H and O–H groups in total. The topological polar surface area (TPSA) is 12.0 Å². The molecule has 76 valence electrons. The van der Waals surface area contributed by atoms with Crippen LogP contribution < -0.4 is 5.32 Å². The molecule has 1 aliphatic rings. The Labute approximate surface area is 94.4 Å². The van der Waals surface area contributed by atoms with Gasteiger partial charge in [-0.25, -0.2) is 0 Å². The zero-order valence-corrected chi connectivity index (χ0v) is 9.57. The molecule has 1 aromatic carbocycles. The Bertz CT molecular complexity index is 338. The number of hydrogen-bond donors (Lipinski definition) is 1. The van der Waals surface area contributed by atoms with E-state index < -0.39 is 0 Å². The summed E-state index contributed by atoms with van der Waals surface area (Å²) in [5, 5.41) is 4.74. The lowest BCUT2D eigenvalue weighted by Gasteiger charge is -2.11. The lowest BCUT2D eigenvalue weighted by Crippen LogP contribution is -2.13. The third-order valence-corrected chi connectivity index (χ3v) is 3.44. The van der Waals surface area contributed by atoms with Crippen LogP contribution in [-0.4, -0.2) is 6.54 Å². The summed E-state index contributed by atoms with van der Waals surface area (Å²) in [6.07, 6.45) is 1.18. The first-order valence-corrected chi connectivity index (χ1v) is 5.60. The zero-order valence-electron chi connectivity index (χ0n) is 8.06. The minimum absolute atomic E-state index is 0.444. The monoisotopic (exact) mass is 229 g/mol. The van der Waals surface area contributed by atoms with Crippen LogP contribution in [0.4, 0.5) is 0 Å². The average Bonchev–Trinajstić information content (AvgIpc) is 2.57. The van der Waals surface area contributed by atoms with Gasteiger partial charge in [-0.3, -0.25) is 0 Å². The number of benzene rings is 1. The molecule has 14 heavy (non-hydrogen) atoms. The van der Waals surface area contributed by atoms with Crippen molar-refractivity contribution in [2.24, 2.45) is 5.92 Å². The summed E-state index contributed by atoms with van der Waals surface area (Å²) < 4.78 is 0. The third kappa shape index (κ3) is 2.05. The molecular formula is C11H13Cl2N. The molecule has 2 atom stereocenters. The molecule has 2 rings (SSSR count). The maximum Gasteiger partial charge on any atom is 0.0595 e. The van der Waals surface area contributed by atoms with Crippen LogP contribution in [0.2, 0.25) is 10.0 Å². The van der Waals surface area contributed by atoms with Gasteiger partial charge in [-0.1, -0.05) is 36.2 Å². The normalized spacial score (nSPS) is 26.8. The van der Waals surface area contributed by atoms with Crippen molar-refractivity contribution >= 4 is 23.2 Å². The number of nitrogens with one attached hydrogen (secondary N) is 1. The standard InChI is InChI=1S/C11H13Cl2N/c1-7-4-11(14-6-7)8-2-3-9(12)10(13)5-8/h2-3,5,7,11,14H,4,6H2,1H3/t7-,11-/m1/s1. The summed E-state index contributed by atoms with van der Waals surface area (Å²) in [7, 11) is 0. The summed E-state index contributed by atoms with van der Waals surface area (Å²) in [6, 6.07) is 6.31. The van der Waals surface area contributed by atoms with Gasteiger partial charge < -0.3 is 5.32 Å². The van der Waals surface area contributed by atoms with E-state index in [0.717, 1.165) is 12.5 Å². The Kier molecular flexibility index (Phi) is 3.01. The molecule has 0 spiro atoms. The molecule has 1 nitrogen and oxygen atoms in total. The molecule has 1 fully saturated rings. The minimum atomic E-state index is 0.444. The molecule has 3 heteroatoms. The van der Waals surface area contributed by atoms with Crippen molar-refractivity contribution in [1.82, 2.24) is 5.32 Å². The fourth-order valence-corrected chi connectivity index (χ4v) is 2.20. The zero-order chi connectivity index (χ0) is 10.1. The number of hydrogen-bond acceptors (Lipinski definition) is 1. The maximum atomic E-state index is 5.97. The van der Waals surface area contributed by atoms with Gasteiger partial charge in [0.25, 0.3) is 0 Å². The predicted octanol–water partition coefficient (Wildman–Crippen LogP) is 3.66. The molecule has 0 aliphatic carbocycles. The lowest BCUT2D eigenvalue weighted by molar-refractivity contribution is 0.612. The Balaban J connectivity index is 2.20. The van der Waals surface area contributed by atoms with Crippen molar-refractivity contribution in [3.05, 3.63) is 33.8 Å².